The van der Waals surface area contributed by atoms with Crippen molar-refractivity contribution in [3.05, 3.63) is 70.6 Å². The molecule has 2 atom stereocenters. The number of benzene rings is 2. The van der Waals surface area contributed by atoms with E-state index >= 15 is 0 Å². The lowest BCUT2D eigenvalue weighted by molar-refractivity contribution is -0.120. The van der Waals surface area contributed by atoms with Crippen LogP contribution >= 0.6 is 0 Å². The number of hydrogen-bond acceptors (Lipinski definition) is 6. The summed E-state index contributed by atoms with van der Waals surface area (Å²) in [4.78, 5) is 22.2. The molecule has 0 aliphatic carbocycles. The van der Waals surface area contributed by atoms with Crippen LogP contribution in [0.5, 0.6) is 0 Å². The molecule has 32 heavy (non-hydrogen) atoms. The van der Waals surface area contributed by atoms with Gasteiger partial charge in [-0.25, -0.2) is 8.42 Å². The molecule has 174 valence electrons. The fourth-order valence-electron chi connectivity index (χ4n) is 3.42. The van der Waals surface area contributed by atoms with Gasteiger partial charge in [0.05, 0.1) is 17.0 Å². The Hall–Kier alpha value is -2.62. The highest BCUT2D eigenvalue weighted by molar-refractivity contribution is 7.89. The van der Waals surface area contributed by atoms with Gasteiger partial charge < -0.3 is 10.4 Å². The average molecular weight is 462 g/mol. The molecule has 2 N–H and O–H groups in total. The highest BCUT2D eigenvalue weighted by Crippen LogP contribution is 2.20. The van der Waals surface area contributed by atoms with Gasteiger partial charge >= 0.3 is 0 Å². The Morgan fingerprint density at radius 1 is 1.03 bits per heavy atom. The predicted molar refractivity (Wildman–Crippen MR) is 123 cm³/mol. The number of aliphatic hydroxyl groups excluding tert-OH is 1. The van der Waals surface area contributed by atoms with Gasteiger partial charge in [0, 0.05) is 20.0 Å². The summed E-state index contributed by atoms with van der Waals surface area (Å²) in [5.74, 6) is -0.286. The summed E-state index contributed by atoms with van der Waals surface area (Å²) in [5.41, 5.74) is 1.53. The lowest BCUT2D eigenvalue weighted by Gasteiger charge is -2.30. The van der Waals surface area contributed by atoms with E-state index in [-0.39, 0.29) is 36.4 Å². The van der Waals surface area contributed by atoms with E-state index in [1.807, 2.05) is 44.2 Å². The van der Waals surface area contributed by atoms with Crippen LogP contribution in [0.15, 0.2) is 64.7 Å². The van der Waals surface area contributed by atoms with Crippen LogP contribution in [0.4, 0.5) is 0 Å². The molecule has 0 aromatic heterocycles. The molecular weight excluding hydrogens is 430 g/mol. The van der Waals surface area contributed by atoms with E-state index in [1.165, 1.54) is 23.4 Å². The normalized spacial score (nSPS) is 13.7. The second-order valence-electron chi connectivity index (χ2n) is 8.21. The molecule has 0 heterocycles. The zero-order valence-corrected chi connectivity index (χ0v) is 19.5. The molecule has 0 aliphatic heterocycles. The van der Waals surface area contributed by atoms with Crippen molar-refractivity contribution in [3.63, 3.8) is 0 Å². The number of hydrogen-bond donors (Lipinski definition) is 2. The first kappa shape index (κ1) is 25.6. The molecule has 0 saturated heterocycles. The van der Waals surface area contributed by atoms with Crippen molar-refractivity contribution in [2.45, 2.75) is 50.8 Å². The van der Waals surface area contributed by atoms with Crippen LogP contribution in [0.2, 0.25) is 0 Å². The van der Waals surface area contributed by atoms with Crippen molar-refractivity contribution in [1.29, 1.82) is 0 Å². The lowest BCUT2D eigenvalue weighted by Crippen LogP contribution is -2.50. The Bertz CT molecular complexity index is 978. The number of nitrogens with zero attached hydrogens (tertiary/aromatic N) is 2. The zero-order valence-electron chi connectivity index (χ0n) is 18.6. The van der Waals surface area contributed by atoms with Gasteiger partial charge in [-0.1, -0.05) is 61.5 Å². The second kappa shape index (κ2) is 11.8. The molecule has 8 nitrogen and oxygen atoms in total. The molecular formula is C23H31N3O5S. The molecule has 9 heteroatoms. The molecule has 0 spiro atoms. The van der Waals surface area contributed by atoms with Crippen LogP contribution in [0.3, 0.4) is 0 Å². The monoisotopic (exact) mass is 461 g/mol. The summed E-state index contributed by atoms with van der Waals surface area (Å²) >= 11 is 0. The van der Waals surface area contributed by atoms with Crippen LogP contribution in [0.1, 0.15) is 31.9 Å². The SMILES string of the molecule is CC(=O)N[C@@H](Cc1ccccc1)[C@H](O)CN(CC(C)C)S(=O)(=O)c1ccc(CN=O)cc1. The Morgan fingerprint density at radius 3 is 2.19 bits per heavy atom. The average Bonchev–Trinajstić information content (AvgIpc) is 2.73. The van der Waals surface area contributed by atoms with Gasteiger partial charge in [-0.15, -0.1) is 0 Å². The van der Waals surface area contributed by atoms with Gasteiger partial charge in [0.25, 0.3) is 0 Å². The Morgan fingerprint density at radius 2 is 1.66 bits per heavy atom. The van der Waals surface area contributed by atoms with Crippen molar-refractivity contribution in [3.8, 4) is 0 Å². The summed E-state index contributed by atoms with van der Waals surface area (Å²) in [5, 5.41) is 16.5. The molecule has 0 fully saturated rings. The molecule has 0 unspecified atom stereocenters. The first-order chi connectivity index (χ1) is 15.1. The third kappa shape index (κ3) is 7.51. The van der Waals surface area contributed by atoms with Crippen molar-refractivity contribution in [2.24, 2.45) is 11.1 Å². The van der Waals surface area contributed by atoms with Crippen LogP contribution in [0, 0.1) is 10.8 Å². The number of aliphatic hydroxyl groups is 1. The van der Waals surface area contributed by atoms with Crippen molar-refractivity contribution in [2.75, 3.05) is 13.1 Å². The van der Waals surface area contributed by atoms with Gasteiger partial charge in [-0.3, -0.25) is 4.79 Å². The number of nitroso groups, excluding NO2 is 1. The second-order valence-corrected chi connectivity index (χ2v) is 10.1. The minimum absolute atomic E-state index is 0.0175. The third-order valence-corrected chi connectivity index (χ3v) is 6.77. The van der Waals surface area contributed by atoms with E-state index < -0.39 is 22.2 Å². The zero-order chi connectivity index (χ0) is 23.7. The van der Waals surface area contributed by atoms with Crippen LogP contribution in [-0.4, -0.2) is 49.0 Å². The topological polar surface area (TPSA) is 116 Å². The number of carbonyl (C=O) groups excluding carboxylic acids is 1. The molecule has 1 amide bonds. The molecule has 0 radical (unpaired) electrons. The van der Waals surface area contributed by atoms with Gasteiger partial charge in [0.15, 0.2) is 0 Å². The molecule has 2 rings (SSSR count). The highest BCUT2D eigenvalue weighted by atomic mass is 32.2. The Balaban J connectivity index is 2.27. The first-order valence-electron chi connectivity index (χ1n) is 10.5. The minimum atomic E-state index is -3.91. The molecule has 2 aromatic carbocycles. The number of nitrogens with one attached hydrogen (secondary N) is 1. The van der Waals surface area contributed by atoms with E-state index in [4.69, 9.17) is 0 Å². The van der Waals surface area contributed by atoms with Gasteiger partial charge in [0.1, 0.15) is 6.54 Å². The summed E-state index contributed by atoms with van der Waals surface area (Å²) in [6.07, 6.45) is -0.754. The van der Waals surface area contributed by atoms with Crippen molar-refractivity contribution < 1.29 is 18.3 Å². The smallest absolute Gasteiger partial charge is 0.243 e. The van der Waals surface area contributed by atoms with E-state index in [2.05, 4.69) is 10.5 Å². The van der Waals surface area contributed by atoms with E-state index in [1.54, 1.807) is 12.1 Å². The van der Waals surface area contributed by atoms with Crippen molar-refractivity contribution in [1.82, 2.24) is 9.62 Å². The number of sulfonamides is 1. The first-order valence-corrected chi connectivity index (χ1v) is 11.9. The van der Waals surface area contributed by atoms with E-state index in [9.17, 15) is 23.2 Å². The summed E-state index contributed by atoms with van der Waals surface area (Å²) in [7, 11) is -3.91. The maximum Gasteiger partial charge on any atom is 0.243 e. The number of rotatable bonds is 12. The largest absolute Gasteiger partial charge is 0.390 e. The standard InChI is InChI=1S/C23H31N3O5S/c1-17(2)15-26(32(30,31)21-11-9-20(10-12-21)14-24-29)16-23(28)22(25-18(3)27)13-19-7-5-4-6-8-19/h4-12,17,22-23,28H,13-16H2,1-3H3,(H,25,27)/t22-,23+/m0/s1. The summed E-state index contributed by atoms with van der Waals surface area (Å²) in [6, 6.07) is 14.7. The van der Waals surface area contributed by atoms with E-state index in [0.717, 1.165) is 5.56 Å². The highest BCUT2D eigenvalue weighted by Gasteiger charge is 2.31. The maximum atomic E-state index is 13.3. The van der Waals surface area contributed by atoms with Gasteiger partial charge in [-0.2, -0.15) is 9.21 Å². The lowest BCUT2D eigenvalue weighted by atomic mass is 10.0. The fraction of sp³-hybridized carbons (Fsp3) is 0.435. The number of carbonyl (C=O) groups is 1. The maximum absolute atomic E-state index is 13.3. The van der Waals surface area contributed by atoms with Crippen LogP contribution < -0.4 is 5.32 Å². The van der Waals surface area contributed by atoms with Crippen LogP contribution in [0.25, 0.3) is 0 Å². The Kier molecular flexibility index (Phi) is 9.49. The van der Waals surface area contributed by atoms with Gasteiger partial charge in [0.2, 0.25) is 15.9 Å². The third-order valence-electron chi connectivity index (χ3n) is 4.92. The predicted octanol–water partition coefficient (Wildman–Crippen LogP) is 2.71. The number of amides is 1. The Labute approximate surface area is 189 Å². The van der Waals surface area contributed by atoms with Gasteiger partial charge in [-0.05, 0) is 35.6 Å². The molecule has 0 aliphatic rings. The summed E-state index contributed by atoms with van der Waals surface area (Å²) in [6.45, 7) is 5.15. The summed E-state index contributed by atoms with van der Waals surface area (Å²) < 4.78 is 27.9. The quantitative estimate of drug-likeness (QED) is 0.472. The molecule has 0 bridgehead atoms. The fourth-order valence-corrected chi connectivity index (χ4v) is 5.04. The van der Waals surface area contributed by atoms with E-state index in [0.29, 0.717) is 12.0 Å². The van der Waals surface area contributed by atoms with Crippen LogP contribution in [-0.2, 0) is 27.8 Å². The molecule has 0 saturated carbocycles. The minimum Gasteiger partial charge on any atom is -0.390 e. The molecule has 2 aromatic rings. The van der Waals surface area contributed by atoms with Crippen molar-refractivity contribution >= 4 is 15.9 Å².